The Hall–Kier alpha value is -1.00. The van der Waals surface area contributed by atoms with E-state index in [1.807, 2.05) is 0 Å². The van der Waals surface area contributed by atoms with Gasteiger partial charge in [0, 0.05) is 19.3 Å². The fourth-order valence-electron chi connectivity index (χ4n) is 1.56. The molecule has 1 aliphatic heterocycles. The van der Waals surface area contributed by atoms with E-state index in [9.17, 15) is 4.79 Å². The summed E-state index contributed by atoms with van der Waals surface area (Å²) < 4.78 is 10.1. The Morgan fingerprint density at radius 3 is 2.80 bits per heavy atom. The Morgan fingerprint density at radius 2 is 2.20 bits per heavy atom. The third-order valence-electron chi connectivity index (χ3n) is 2.42. The molecule has 15 heavy (non-hydrogen) atoms. The van der Waals surface area contributed by atoms with E-state index in [0.29, 0.717) is 18.8 Å². The average molecular weight is 230 g/mol. The monoisotopic (exact) mass is 229 g/mol. The normalized spacial score (nSPS) is 17.7. The van der Waals surface area contributed by atoms with Gasteiger partial charge in [0.15, 0.2) is 0 Å². The number of furan rings is 1. The first-order chi connectivity index (χ1) is 7.27. The van der Waals surface area contributed by atoms with Crippen molar-refractivity contribution in [3.63, 3.8) is 0 Å². The lowest BCUT2D eigenvalue weighted by molar-refractivity contribution is 0.0696. The molecule has 2 heterocycles. The first-order valence-corrected chi connectivity index (χ1v) is 5.27. The maximum Gasteiger partial charge on any atom is 0.256 e. The molecule has 0 aromatic carbocycles. The Bertz CT molecular complexity index is 344. The SMILES string of the molecule is O=C(NC1CCOCC1)c1ccoc1Cl. The molecule has 2 rings (SSSR count). The second kappa shape index (κ2) is 4.68. The molecular formula is C10H12ClNO3. The zero-order chi connectivity index (χ0) is 10.7. The molecule has 1 aromatic heterocycles. The molecule has 82 valence electrons. The molecule has 1 aliphatic rings. The summed E-state index contributed by atoms with van der Waals surface area (Å²) in [4.78, 5) is 11.7. The van der Waals surface area contributed by atoms with Crippen LogP contribution in [0.25, 0.3) is 0 Å². The molecule has 1 N–H and O–H groups in total. The zero-order valence-corrected chi connectivity index (χ0v) is 8.92. The van der Waals surface area contributed by atoms with Crippen molar-refractivity contribution in [1.29, 1.82) is 0 Å². The first-order valence-electron chi connectivity index (χ1n) is 4.89. The molecule has 0 aliphatic carbocycles. The van der Waals surface area contributed by atoms with Crippen LogP contribution in [0.4, 0.5) is 0 Å². The van der Waals surface area contributed by atoms with Crippen LogP contribution in [0.5, 0.6) is 0 Å². The number of carbonyl (C=O) groups excluding carboxylic acids is 1. The van der Waals surface area contributed by atoms with Gasteiger partial charge in [0.2, 0.25) is 5.22 Å². The van der Waals surface area contributed by atoms with E-state index in [1.54, 1.807) is 6.07 Å². The van der Waals surface area contributed by atoms with Crippen LogP contribution in [-0.2, 0) is 4.74 Å². The van der Waals surface area contributed by atoms with Crippen molar-refractivity contribution >= 4 is 17.5 Å². The lowest BCUT2D eigenvalue weighted by Gasteiger charge is -2.22. The van der Waals surface area contributed by atoms with Crippen LogP contribution >= 0.6 is 11.6 Å². The number of amides is 1. The Balaban J connectivity index is 1.94. The van der Waals surface area contributed by atoms with Gasteiger partial charge in [0.1, 0.15) is 0 Å². The highest BCUT2D eigenvalue weighted by Crippen LogP contribution is 2.17. The minimum atomic E-state index is -0.180. The van der Waals surface area contributed by atoms with Crippen molar-refractivity contribution < 1.29 is 13.9 Å². The smallest absolute Gasteiger partial charge is 0.256 e. The van der Waals surface area contributed by atoms with Crippen molar-refractivity contribution in [2.75, 3.05) is 13.2 Å². The summed E-state index contributed by atoms with van der Waals surface area (Å²) in [6.07, 6.45) is 3.10. The molecule has 1 amide bonds. The number of ether oxygens (including phenoxy) is 1. The van der Waals surface area contributed by atoms with Gasteiger partial charge in [0.25, 0.3) is 5.91 Å². The van der Waals surface area contributed by atoms with Crippen LogP contribution in [0.1, 0.15) is 23.2 Å². The molecule has 5 heteroatoms. The van der Waals surface area contributed by atoms with Gasteiger partial charge < -0.3 is 14.5 Å². The standard InChI is InChI=1S/C10H12ClNO3/c11-9-8(3-6-15-9)10(13)12-7-1-4-14-5-2-7/h3,6-7H,1-2,4-5H2,(H,12,13). The van der Waals surface area contributed by atoms with Crippen LogP contribution in [-0.4, -0.2) is 25.2 Å². The fraction of sp³-hybridized carbons (Fsp3) is 0.500. The van der Waals surface area contributed by atoms with Gasteiger partial charge in [-0.25, -0.2) is 0 Å². The lowest BCUT2D eigenvalue weighted by Crippen LogP contribution is -2.38. The van der Waals surface area contributed by atoms with Crippen molar-refractivity contribution in [1.82, 2.24) is 5.32 Å². The number of nitrogens with one attached hydrogen (secondary N) is 1. The summed E-state index contributed by atoms with van der Waals surface area (Å²) in [6.45, 7) is 1.40. The van der Waals surface area contributed by atoms with Gasteiger partial charge in [-0.05, 0) is 30.5 Å². The van der Waals surface area contributed by atoms with Crippen LogP contribution in [0.15, 0.2) is 16.7 Å². The molecule has 0 spiro atoms. The molecule has 0 saturated carbocycles. The summed E-state index contributed by atoms with van der Waals surface area (Å²) in [6, 6.07) is 1.74. The molecular weight excluding hydrogens is 218 g/mol. The highest BCUT2D eigenvalue weighted by Gasteiger charge is 2.19. The number of hydrogen-bond acceptors (Lipinski definition) is 3. The van der Waals surface area contributed by atoms with Crippen molar-refractivity contribution in [3.05, 3.63) is 23.1 Å². The summed E-state index contributed by atoms with van der Waals surface area (Å²) in [5.74, 6) is -0.180. The van der Waals surface area contributed by atoms with Crippen LogP contribution in [0.2, 0.25) is 5.22 Å². The van der Waals surface area contributed by atoms with E-state index in [2.05, 4.69) is 5.32 Å². The second-order valence-electron chi connectivity index (χ2n) is 3.47. The fourth-order valence-corrected chi connectivity index (χ4v) is 1.76. The maximum atomic E-state index is 11.7. The molecule has 0 unspecified atom stereocenters. The molecule has 0 radical (unpaired) electrons. The zero-order valence-electron chi connectivity index (χ0n) is 8.16. The molecule has 1 fully saturated rings. The topological polar surface area (TPSA) is 51.5 Å². The maximum absolute atomic E-state index is 11.7. The first kappa shape index (κ1) is 10.5. The molecule has 1 aromatic rings. The minimum Gasteiger partial charge on any atom is -0.452 e. The predicted octanol–water partition coefficient (Wildman–Crippen LogP) is 1.84. The number of rotatable bonds is 2. The van der Waals surface area contributed by atoms with Gasteiger partial charge >= 0.3 is 0 Å². The Morgan fingerprint density at radius 1 is 1.47 bits per heavy atom. The van der Waals surface area contributed by atoms with Gasteiger partial charge in [-0.2, -0.15) is 0 Å². The van der Waals surface area contributed by atoms with E-state index in [1.165, 1.54) is 6.26 Å². The van der Waals surface area contributed by atoms with Crippen molar-refractivity contribution in [2.24, 2.45) is 0 Å². The van der Waals surface area contributed by atoms with Crippen molar-refractivity contribution in [3.8, 4) is 0 Å². The third-order valence-corrected chi connectivity index (χ3v) is 2.71. The van der Waals surface area contributed by atoms with Crippen LogP contribution in [0, 0.1) is 0 Å². The lowest BCUT2D eigenvalue weighted by atomic mass is 10.1. The van der Waals surface area contributed by atoms with Crippen LogP contribution in [0.3, 0.4) is 0 Å². The summed E-state index contributed by atoms with van der Waals surface area (Å²) in [5, 5.41) is 3.04. The second-order valence-corrected chi connectivity index (χ2v) is 3.81. The van der Waals surface area contributed by atoms with E-state index in [4.69, 9.17) is 20.8 Å². The quantitative estimate of drug-likeness (QED) is 0.842. The van der Waals surface area contributed by atoms with E-state index < -0.39 is 0 Å². The summed E-state index contributed by atoms with van der Waals surface area (Å²) >= 11 is 5.70. The molecule has 1 saturated heterocycles. The number of halogens is 1. The predicted molar refractivity (Wildman–Crippen MR) is 55.0 cm³/mol. The van der Waals surface area contributed by atoms with E-state index >= 15 is 0 Å². The molecule has 0 bridgehead atoms. The van der Waals surface area contributed by atoms with Crippen LogP contribution < -0.4 is 5.32 Å². The van der Waals surface area contributed by atoms with Gasteiger partial charge in [-0.15, -0.1) is 0 Å². The van der Waals surface area contributed by atoms with E-state index in [-0.39, 0.29) is 17.2 Å². The highest BCUT2D eigenvalue weighted by molar-refractivity contribution is 6.32. The highest BCUT2D eigenvalue weighted by atomic mass is 35.5. The molecule has 0 atom stereocenters. The summed E-state index contributed by atoms with van der Waals surface area (Å²) in [7, 11) is 0. The average Bonchev–Trinajstić information content (AvgIpc) is 2.66. The summed E-state index contributed by atoms with van der Waals surface area (Å²) in [5.41, 5.74) is 0.392. The Labute approximate surface area is 92.5 Å². The van der Waals surface area contributed by atoms with E-state index in [0.717, 1.165) is 12.8 Å². The number of hydrogen-bond donors (Lipinski definition) is 1. The third kappa shape index (κ3) is 2.52. The van der Waals surface area contributed by atoms with Gasteiger partial charge in [0.05, 0.1) is 11.8 Å². The van der Waals surface area contributed by atoms with Crippen molar-refractivity contribution in [2.45, 2.75) is 18.9 Å². The molecule has 4 nitrogen and oxygen atoms in total. The Kier molecular flexibility index (Phi) is 3.28. The van der Waals surface area contributed by atoms with Gasteiger partial charge in [-0.3, -0.25) is 4.79 Å². The van der Waals surface area contributed by atoms with Gasteiger partial charge in [-0.1, -0.05) is 0 Å². The number of carbonyl (C=O) groups is 1. The largest absolute Gasteiger partial charge is 0.452 e. The minimum absolute atomic E-state index is 0.138.